The normalized spacial score (nSPS) is 22.5. The lowest BCUT2D eigenvalue weighted by molar-refractivity contribution is -0.0751. The predicted molar refractivity (Wildman–Crippen MR) is 94.2 cm³/mol. The molecular formula is C17H27O8P. The van der Waals surface area contributed by atoms with Crippen molar-refractivity contribution >= 4 is 7.82 Å². The highest BCUT2D eigenvalue weighted by Crippen LogP contribution is 2.49. The van der Waals surface area contributed by atoms with Crippen molar-refractivity contribution in [3.63, 3.8) is 0 Å². The first-order chi connectivity index (χ1) is 12.5. The van der Waals surface area contributed by atoms with Gasteiger partial charge in [0.25, 0.3) is 0 Å². The summed E-state index contributed by atoms with van der Waals surface area (Å²) in [6, 6.07) is 7.52. The smallest absolute Gasteiger partial charge is 0.474 e. The number of phosphoric ester groups is 1. The zero-order valence-corrected chi connectivity index (χ0v) is 16.5. The first-order valence-corrected chi connectivity index (χ1v) is 9.89. The van der Waals surface area contributed by atoms with Crippen LogP contribution in [-0.4, -0.2) is 52.9 Å². The van der Waals surface area contributed by atoms with Crippen molar-refractivity contribution in [1.29, 1.82) is 0 Å². The Morgan fingerprint density at radius 3 is 2.54 bits per heavy atom. The number of ether oxygens (including phenoxy) is 4. The number of methoxy groups -OCH3 is 1. The van der Waals surface area contributed by atoms with Gasteiger partial charge >= 0.3 is 7.82 Å². The van der Waals surface area contributed by atoms with Gasteiger partial charge in [-0.2, -0.15) is 0 Å². The van der Waals surface area contributed by atoms with Crippen LogP contribution in [0.4, 0.5) is 0 Å². The van der Waals surface area contributed by atoms with E-state index in [-0.39, 0.29) is 25.4 Å². The van der Waals surface area contributed by atoms with Crippen LogP contribution in [0.5, 0.6) is 5.75 Å². The van der Waals surface area contributed by atoms with Crippen LogP contribution in [0.3, 0.4) is 0 Å². The van der Waals surface area contributed by atoms with E-state index in [4.69, 9.17) is 32.5 Å². The molecule has 148 valence electrons. The molecule has 0 bridgehead atoms. The first-order valence-electron chi connectivity index (χ1n) is 8.43. The van der Waals surface area contributed by atoms with Gasteiger partial charge < -0.3 is 18.9 Å². The fourth-order valence-corrected chi connectivity index (χ4v) is 3.35. The summed E-state index contributed by atoms with van der Waals surface area (Å²) >= 11 is 0. The van der Waals surface area contributed by atoms with Crippen LogP contribution in [0, 0.1) is 0 Å². The SMILES string of the molecule is COc1ccc(C2OCC(COCCOP(=O)(OC)OC(C)C)O2)cc1. The Kier molecular flexibility index (Phi) is 8.50. The van der Waals surface area contributed by atoms with Crippen molar-refractivity contribution in [2.45, 2.75) is 32.3 Å². The average molecular weight is 390 g/mol. The molecule has 0 N–H and O–H groups in total. The highest BCUT2D eigenvalue weighted by molar-refractivity contribution is 7.48. The molecule has 1 heterocycles. The summed E-state index contributed by atoms with van der Waals surface area (Å²) in [6.07, 6.45) is -0.859. The summed E-state index contributed by atoms with van der Waals surface area (Å²) in [5.41, 5.74) is 0.920. The van der Waals surface area contributed by atoms with Crippen LogP contribution in [-0.2, 0) is 32.3 Å². The highest BCUT2D eigenvalue weighted by atomic mass is 31.2. The minimum Gasteiger partial charge on any atom is -0.497 e. The molecular weight excluding hydrogens is 363 g/mol. The minimum absolute atomic E-state index is 0.0906. The lowest BCUT2D eigenvalue weighted by Crippen LogP contribution is -2.19. The standard InChI is InChI=1S/C17H27O8P/c1-13(2)25-26(18,20-4)23-10-9-21-11-16-12-22-17(24-16)14-5-7-15(19-3)8-6-14/h5-8,13,16-17H,9-12H2,1-4H3. The molecule has 1 fully saturated rings. The third-order valence-corrected chi connectivity index (χ3v) is 5.11. The minimum atomic E-state index is -3.52. The fraction of sp³-hybridized carbons (Fsp3) is 0.647. The third kappa shape index (κ3) is 6.63. The van der Waals surface area contributed by atoms with Gasteiger partial charge in [0.15, 0.2) is 6.29 Å². The zero-order chi connectivity index (χ0) is 19.0. The van der Waals surface area contributed by atoms with E-state index in [0.29, 0.717) is 13.2 Å². The van der Waals surface area contributed by atoms with Crippen molar-refractivity contribution in [3.05, 3.63) is 29.8 Å². The highest BCUT2D eigenvalue weighted by Gasteiger charge is 2.28. The maximum atomic E-state index is 12.1. The quantitative estimate of drug-likeness (QED) is 0.420. The average Bonchev–Trinajstić information content (AvgIpc) is 3.10. The summed E-state index contributed by atoms with van der Waals surface area (Å²) in [5, 5.41) is 0. The molecule has 0 spiro atoms. The number of phosphoric acid groups is 1. The third-order valence-electron chi connectivity index (χ3n) is 3.48. The van der Waals surface area contributed by atoms with Gasteiger partial charge in [-0.25, -0.2) is 4.57 Å². The number of hydrogen-bond donors (Lipinski definition) is 0. The molecule has 1 saturated heterocycles. The van der Waals surface area contributed by atoms with Crippen LogP contribution in [0.15, 0.2) is 24.3 Å². The number of rotatable bonds is 11. The van der Waals surface area contributed by atoms with Crippen molar-refractivity contribution in [2.75, 3.05) is 40.6 Å². The Bertz CT molecular complexity index is 577. The second-order valence-electron chi connectivity index (χ2n) is 5.89. The predicted octanol–water partition coefficient (Wildman–Crippen LogP) is 3.32. The molecule has 26 heavy (non-hydrogen) atoms. The summed E-state index contributed by atoms with van der Waals surface area (Å²) in [5.74, 6) is 0.779. The fourth-order valence-electron chi connectivity index (χ4n) is 2.28. The molecule has 0 saturated carbocycles. The summed E-state index contributed by atoms with van der Waals surface area (Å²) in [7, 11) is -0.620. The molecule has 0 aliphatic carbocycles. The van der Waals surface area contributed by atoms with Crippen molar-refractivity contribution in [1.82, 2.24) is 0 Å². The number of benzene rings is 1. The van der Waals surface area contributed by atoms with E-state index in [0.717, 1.165) is 11.3 Å². The summed E-state index contributed by atoms with van der Waals surface area (Å²) < 4.78 is 49.3. The van der Waals surface area contributed by atoms with Gasteiger partial charge in [0.1, 0.15) is 11.9 Å². The van der Waals surface area contributed by atoms with Gasteiger partial charge in [-0.1, -0.05) is 12.1 Å². The van der Waals surface area contributed by atoms with E-state index in [2.05, 4.69) is 0 Å². The van der Waals surface area contributed by atoms with E-state index in [1.165, 1.54) is 7.11 Å². The molecule has 1 aromatic rings. The topological polar surface area (TPSA) is 81.7 Å². The molecule has 3 unspecified atom stereocenters. The van der Waals surface area contributed by atoms with Gasteiger partial charge in [0.05, 0.1) is 39.6 Å². The van der Waals surface area contributed by atoms with Crippen LogP contribution in [0.1, 0.15) is 25.7 Å². The zero-order valence-electron chi connectivity index (χ0n) is 15.6. The van der Waals surface area contributed by atoms with E-state index in [9.17, 15) is 4.57 Å². The van der Waals surface area contributed by atoms with E-state index >= 15 is 0 Å². The monoisotopic (exact) mass is 390 g/mol. The Morgan fingerprint density at radius 1 is 1.19 bits per heavy atom. The van der Waals surface area contributed by atoms with Crippen molar-refractivity contribution < 1.29 is 37.1 Å². The molecule has 1 aromatic carbocycles. The number of hydrogen-bond acceptors (Lipinski definition) is 8. The molecule has 0 amide bonds. The first kappa shape index (κ1) is 21.3. The molecule has 3 atom stereocenters. The van der Waals surface area contributed by atoms with Gasteiger partial charge in [0, 0.05) is 12.7 Å². The molecule has 0 radical (unpaired) electrons. The van der Waals surface area contributed by atoms with E-state index < -0.39 is 14.1 Å². The Hall–Kier alpha value is -0.990. The summed E-state index contributed by atoms with van der Waals surface area (Å²) in [4.78, 5) is 0. The maximum Gasteiger partial charge on any atom is 0.474 e. The maximum absolute atomic E-state index is 12.1. The Labute approximate surface area is 154 Å². The molecule has 8 nitrogen and oxygen atoms in total. The molecule has 0 aromatic heterocycles. The second kappa shape index (κ2) is 10.4. The van der Waals surface area contributed by atoms with Gasteiger partial charge in [-0.05, 0) is 26.0 Å². The van der Waals surface area contributed by atoms with Crippen LogP contribution >= 0.6 is 7.82 Å². The molecule has 9 heteroatoms. The Balaban J connectivity index is 1.65. The lowest BCUT2D eigenvalue weighted by atomic mass is 10.2. The van der Waals surface area contributed by atoms with Crippen LogP contribution in [0.2, 0.25) is 0 Å². The molecule has 1 aliphatic heterocycles. The molecule has 1 aliphatic rings. The molecule has 2 rings (SSSR count). The van der Waals surface area contributed by atoms with Crippen molar-refractivity contribution in [2.24, 2.45) is 0 Å². The van der Waals surface area contributed by atoms with E-state index in [1.54, 1.807) is 21.0 Å². The lowest BCUT2D eigenvalue weighted by Gasteiger charge is -2.18. The van der Waals surface area contributed by atoms with Gasteiger partial charge in [-0.3, -0.25) is 13.6 Å². The van der Waals surface area contributed by atoms with Crippen LogP contribution < -0.4 is 4.74 Å². The van der Waals surface area contributed by atoms with E-state index in [1.807, 2.05) is 24.3 Å². The van der Waals surface area contributed by atoms with Gasteiger partial charge in [0.2, 0.25) is 0 Å². The van der Waals surface area contributed by atoms with Gasteiger partial charge in [-0.15, -0.1) is 0 Å². The van der Waals surface area contributed by atoms with Crippen molar-refractivity contribution in [3.8, 4) is 5.75 Å². The second-order valence-corrected chi connectivity index (χ2v) is 7.62. The largest absolute Gasteiger partial charge is 0.497 e. The Morgan fingerprint density at radius 2 is 1.92 bits per heavy atom. The summed E-state index contributed by atoms with van der Waals surface area (Å²) in [6.45, 7) is 4.61. The van der Waals surface area contributed by atoms with Crippen LogP contribution in [0.25, 0.3) is 0 Å².